The van der Waals surface area contributed by atoms with E-state index in [9.17, 15) is 13.2 Å². The Bertz CT molecular complexity index is 841. The maximum Gasteiger partial charge on any atom is 0.249 e. The number of hydrogen-bond donors (Lipinski definition) is 2. The van der Waals surface area contributed by atoms with E-state index < -0.39 is 17.5 Å². The normalized spacial score (nSPS) is 10.4. The van der Waals surface area contributed by atoms with Crippen molar-refractivity contribution in [3.8, 4) is 0 Å². The van der Waals surface area contributed by atoms with Gasteiger partial charge in [-0.2, -0.15) is 10.1 Å². The molecule has 23 heavy (non-hydrogen) atoms. The molecule has 0 radical (unpaired) electrons. The Labute approximate surface area is 129 Å². The lowest BCUT2D eigenvalue weighted by atomic mass is 10.3. The summed E-state index contributed by atoms with van der Waals surface area (Å²) in [5, 5.41) is 12.7. The van der Waals surface area contributed by atoms with Crippen LogP contribution in [-0.4, -0.2) is 15.2 Å². The summed E-state index contributed by atoms with van der Waals surface area (Å²) in [7, 11) is 0. The van der Waals surface area contributed by atoms with Gasteiger partial charge in [-0.15, -0.1) is 5.10 Å². The van der Waals surface area contributed by atoms with Gasteiger partial charge in [0.25, 0.3) is 0 Å². The van der Waals surface area contributed by atoms with E-state index in [1.807, 2.05) is 0 Å². The van der Waals surface area contributed by atoms with Gasteiger partial charge in [-0.1, -0.05) is 12.1 Å². The van der Waals surface area contributed by atoms with Crippen LogP contribution in [0.15, 0.2) is 48.7 Å². The van der Waals surface area contributed by atoms with Gasteiger partial charge in [0.2, 0.25) is 5.95 Å². The van der Waals surface area contributed by atoms with Gasteiger partial charge in [0, 0.05) is 6.07 Å². The van der Waals surface area contributed by atoms with E-state index in [1.54, 1.807) is 12.1 Å². The summed E-state index contributed by atoms with van der Waals surface area (Å²) < 4.78 is 40.1. The van der Waals surface area contributed by atoms with Crippen LogP contribution in [0.25, 0.3) is 0 Å². The van der Waals surface area contributed by atoms with Crippen LogP contribution < -0.4 is 10.6 Å². The largest absolute Gasteiger partial charge is 0.336 e. The highest BCUT2D eigenvalue weighted by Gasteiger charge is 2.08. The van der Waals surface area contributed by atoms with E-state index in [4.69, 9.17) is 0 Å². The summed E-state index contributed by atoms with van der Waals surface area (Å²) in [6.45, 7) is 0. The number of anilines is 4. The number of nitrogens with one attached hydrogen (secondary N) is 2. The number of halogens is 3. The summed E-state index contributed by atoms with van der Waals surface area (Å²) in [5.41, 5.74) is 0.211. The molecule has 2 aromatic carbocycles. The predicted molar refractivity (Wildman–Crippen MR) is 79.2 cm³/mol. The average molecular weight is 317 g/mol. The number of benzene rings is 2. The van der Waals surface area contributed by atoms with Crippen molar-refractivity contribution >= 4 is 23.1 Å². The Morgan fingerprint density at radius 3 is 2.39 bits per heavy atom. The van der Waals surface area contributed by atoms with Gasteiger partial charge >= 0.3 is 0 Å². The molecule has 5 nitrogen and oxygen atoms in total. The first-order chi connectivity index (χ1) is 11.1. The van der Waals surface area contributed by atoms with E-state index in [-0.39, 0.29) is 23.1 Å². The Balaban J connectivity index is 1.81. The highest BCUT2D eigenvalue weighted by atomic mass is 19.1. The Morgan fingerprint density at radius 2 is 1.61 bits per heavy atom. The topological polar surface area (TPSA) is 62.7 Å². The smallest absolute Gasteiger partial charge is 0.249 e. The number of rotatable bonds is 4. The molecule has 0 saturated heterocycles. The summed E-state index contributed by atoms with van der Waals surface area (Å²) in [6.07, 6.45) is 1.26. The van der Waals surface area contributed by atoms with Gasteiger partial charge in [0.1, 0.15) is 17.5 Å². The molecule has 1 heterocycles. The van der Waals surface area contributed by atoms with Gasteiger partial charge in [-0.25, -0.2) is 13.2 Å². The maximum atomic E-state index is 13.6. The lowest BCUT2D eigenvalue weighted by Crippen LogP contribution is -2.04. The van der Waals surface area contributed by atoms with Gasteiger partial charge < -0.3 is 10.6 Å². The fourth-order valence-corrected chi connectivity index (χ4v) is 1.83. The standard InChI is InChI=1S/C15H10F3N5/c16-9-5-6-13(11(18)7-9)20-14-8-19-23-15(22-14)21-12-4-2-1-3-10(12)17/h1-8H,(H2,20,21,22,23). The zero-order chi connectivity index (χ0) is 16.2. The molecule has 0 spiro atoms. The Hall–Kier alpha value is -3.16. The van der Waals surface area contributed by atoms with Crippen LogP contribution in [0, 0.1) is 17.5 Å². The first-order valence-corrected chi connectivity index (χ1v) is 6.55. The second-order valence-electron chi connectivity index (χ2n) is 4.52. The van der Waals surface area contributed by atoms with Gasteiger partial charge in [0.15, 0.2) is 5.82 Å². The van der Waals surface area contributed by atoms with Crippen LogP contribution >= 0.6 is 0 Å². The molecule has 0 atom stereocenters. The summed E-state index contributed by atoms with van der Waals surface area (Å²) in [5.74, 6) is -1.73. The van der Waals surface area contributed by atoms with Crippen molar-refractivity contribution in [2.75, 3.05) is 10.6 Å². The first kappa shape index (κ1) is 14.8. The van der Waals surface area contributed by atoms with Crippen LogP contribution in [0.1, 0.15) is 0 Å². The predicted octanol–water partition coefficient (Wildman–Crippen LogP) is 3.78. The average Bonchev–Trinajstić information content (AvgIpc) is 2.53. The molecule has 3 rings (SSSR count). The van der Waals surface area contributed by atoms with Crippen molar-refractivity contribution in [3.63, 3.8) is 0 Å². The molecular formula is C15H10F3N5. The van der Waals surface area contributed by atoms with Crippen LogP contribution in [-0.2, 0) is 0 Å². The zero-order valence-corrected chi connectivity index (χ0v) is 11.6. The number of nitrogens with zero attached hydrogens (tertiary/aromatic N) is 3. The number of para-hydroxylation sites is 1. The molecule has 3 aromatic rings. The van der Waals surface area contributed by atoms with Crippen molar-refractivity contribution in [3.05, 3.63) is 66.1 Å². The molecule has 0 fully saturated rings. The molecule has 0 bridgehead atoms. The molecule has 2 N–H and O–H groups in total. The minimum absolute atomic E-state index is 0.0302. The Morgan fingerprint density at radius 1 is 0.826 bits per heavy atom. The van der Waals surface area contributed by atoms with Crippen molar-refractivity contribution in [2.45, 2.75) is 0 Å². The molecule has 0 unspecified atom stereocenters. The fourth-order valence-electron chi connectivity index (χ4n) is 1.83. The third-order valence-corrected chi connectivity index (χ3v) is 2.87. The van der Waals surface area contributed by atoms with Gasteiger partial charge in [0.05, 0.1) is 17.6 Å². The summed E-state index contributed by atoms with van der Waals surface area (Å²) in [4.78, 5) is 4.05. The molecule has 116 valence electrons. The van der Waals surface area contributed by atoms with Gasteiger partial charge in [-0.05, 0) is 24.3 Å². The van der Waals surface area contributed by atoms with Gasteiger partial charge in [-0.3, -0.25) is 0 Å². The van der Waals surface area contributed by atoms with Crippen molar-refractivity contribution in [2.24, 2.45) is 0 Å². The van der Waals surface area contributed by atoms with Crippen LogP contribution in [0.3, 0.4) is 0 Å². The summed E-state index contributed by atoms with van der Waals surface area (Å²) in [6, 6.07) is 9.08. The molecular weight excluding hydrogens is 307 g/mol. The maximum absolute atomic E-state index is 13.6. The zero-order valence-electron chi connectivity index (χ0n) is 11.6. The summed E-state index contributed by atoms with van der Waals surface area (Å²) >= 11 is 0. The lowest BCUT2D eigenvalue weighted by Gasteiger charge is -2.08. The molecule has 1 aromatic heterocycles. The second kappa shape index (κ2) is 6.30. The molecule has 0 saturated carbocycles. The second-order valence-corrected chi connectivity index (χ2v) is 4.52. The molecule has 8 heteroatoms. The number of hydrogen-bond acceptors (Lipinski definition) is 5. The SMILES string of the molecule is Fc1ccc(Nc2cnnc(Nc3ccccc3F)n2)c(F)c1. The Kier molecular flexibility index (Phi) is 4.05. The minimum atomic E-state index is -0.771. The highest BCUT2D eigenvalue weighted by Crippen LogP contribution is 2.21. The van der Waals surface area contributed by atoms with Crippen LogP contribution in [0.5, 0.6) is 0 Å². The van der Waals surface area contributed by atoms with E-state index in [2.05, 4.69) is 25.8 Å². The monoisotopic (exact) mass is 317 g/mol. The highest BCUT2D eigenvalue weighted by molar-refractivity contribution is 5.59. The van der Waals surface area contributed by atoms with Crippen molar-refractivity contribution in [1.29, 1.82) is 0 Å². The quantitative estimate of drug-likeness (QED) is 0.767. The molecule has 0 amide bonds. The van der Waals surface area contributed by atoms with E-state index in [0.29, 0.717) is 0 Å². The third-order valence-electron chi connectivity index (χ3n) is 2.87. The molecule has 0 aliphatic rings. The van der Waals surface area contributed by atoms with E-state index >= 15 is 0 Å². The van der Waals surface area contributed by atoms with Crippen LogP contribution in [0.4, 0.5) is 36.3 Å². The fraction of sp³-hybridized carbons (Fsp3) is 0. The first-order valence-electron chi connectivity index (χ1n) is 6.55. The van der Waals surface area contributed by atoms with Crippen molar-refractivity contribution in [1.82, 2.24) is 15.2 Å². The number of aromatic nitrogens is 3. The molecule has 0 aliphatic heterocycles. The molecule has 0 aliphatic carbocycles. The third kappa shape index (κ3) is 3.54. The van der Waals surface area contributed by atoms with E-state index in [1.165, 1.54) is 24.4 Å². The minimum Gasteiger partial charge on any atom is -0.336 e. The van der Waals surface area contributed by atoms with Crippen molar-refractivity contribution < 1.29 is 13.2 Å². The van der Waals surface area contributed by atoms with Crippen LogP contribution in [0.2, 0.25) is 0 Å². The van der Waals surface area contributed by atoms with E-state index in [0.717, 1.165) is 12.1 Å². The lowest BCUT2D eigenvalue weighted by molar-refractivity contribution is 0.586.